The van der Waals surface area contributed by atoms with Crippen LogP contribution in [0.4, 0.5) is 10.1 Å². The fourth-order valence-electron chi connectivity index (χ4n) is 1.74. The zero-order valence-electron chi connectivity index (χ0n) is 12.1. The number of ether oxygens (including phenoxy) is 2. The molecule has 0 aromatic heterocycles. The van der Waals surface area contributed by atoms with Crippen molar-refractivity contribution >= 4 is 27.5 Å². The van der Waals surface area contributed by atoms with E-state index in [4.69, 9.17) is 9.47 Å². The molecule has 0 saturated heterocycles. The van der Waals surface area contributed by atoms with Gasteiger partial charge in [-0.3, -0.25) is 4.79 Å². The molecular formula is C16H15BrFNO3. The Morgan fingerprint density at radius 3 is 2.41 bits per heavy atom. The number of methoxy groups -OCH3 is 1. The molecule has 0 aliphatic heterocycles. The molecule has 2 aromatic rings. The van der Waals surface area contributed by atoms with E-state index in [0.717, 1.165) is 0 Å². The van der Waals surface area contributed by atoms with Crippen molar-refractivity contribution < 1.29 is 18.7 Å². The van der Waals surface area contributed by atoms with Crippen molar-refractivity contribution in [1.29, 1.82) is 0 Å². The van der Waals surface area contributed by atoms with Gasteiger partial charge in [0.05, 0.1) is 12.8 Å². The van der Waals surface area contributed by atoms with E-state index < -0.39 is 17.8 Å². The van der Waals surface area contributed by atoms with Gasteiger partial charge >= 0.3 is 0 Å². The molecule has 22 heavy (non-hydrogen) atoms. The number of hydrogen-bond acceptors (Lipinski definition) is 3. The van der Waals surface area contributed by atoms with Gasteiger partial charge < -0.3 is 14.8 Å². The molecule has 1 N–H and O–H groups in total. The quantitative estimate of drug-likeness (QED) is 0.868. The van der Waals surface area contributed by atoms with Crippen LogP contribution in [0.15, 0.2) is 46.9 Å². The standard InChI is InChI=1S/C16H15BrFNO3/c1-10(22-13-6-4-12(21-2)5-7-13)16(20)19-15-8-3-11(17)9-14(15)18/h3-10H,1-2H3,(H,19,20). The Morgan fingerprint density at radius 1 is 1.18 bits per heavy atom. The zero-order chi connectivity index (χ0) is 16.1. The van der Waals surface area contributed by atoms with Crippen LogP contribution in [0.5, 0.6) is 11.5 Å². The average Bonchev–Trinajstić information content (AvgIpc) is 2.50. The molecule has 2 aromatic carbocycles. The topological polar surface area (TPSA) is 47.6 Å². The Kier molecular flexibility index (Phi) is 5.38. The maximum atomic E-state index is 13.7. The van der Waals surface area contributed by atoms with Crippen LogP contribution < -0.4 is 14.8 Å². The van der Waals surface area contributed by atoms with Gasteiger partial charge in [-0.15, -0.1) is 0 Å². The largest absolute Gasteiger partial charge is 0.497 e. The normalized spacial score (nSPS) is 11.6. The first-order valence-electron chi connectivity index (χ1n) is 6.56. The van der Waals surface area contributed by atoms with Crippen molar-refractivity contribution in [3.63, 3.8) is 0 Å². The monoisotopic (exact) mass is 367 g/mol. The molecule has 0 saturated carbocycles. The first-order chi connectivity index (χ1) is 10.5. The third kappa shape index (κ3) is 4.21. The predicted octanol–water partition coefficient (Wildman–Crippen LogP) is 4.00. The molecule has 0 bridgehead atoms. The van der Waals surface area contributed by atoms with Crippen LogP contribution in [0.2, 0.25) is 0 Å². The van der Waals surface area contributed by atoms with Crippen LogP contribution in [0.1, 0.15) is 6.92 Å². The third-order valence-electron chi connectivity index (χ3n) is 2.93. The smallest absolute Gasteiger partial charge is 0.265 e. The lowest BCUT2D eigenvalue weighted by molar-refractivity contribution is -0.122. The molecule has 6 heteroatoms. The second-order valence-corrected chi connectivity index (χ2v) is 5.46. The number of rotatable bonds is 5. The van der Waals surface area contributed by atoms with Crippen molar-refractivity contribution in [3.8, 4) is 11.5 Å². The molecule has 0 fully saturated rings. The van der Waals surface area contributed by atoms with Crippen LogP contribution in [-0.4, -0.2) is 19.1 Å². The van der Waals surface area contributed by atoms with Crippen LogP contribution in [-0.2, 0) is 4.79 Å². The van der Waals surface area contributed by atoms with Crippen molar-refractivity contribution in [2.75, 3.05) is 12.4 Å². The second kappa shape index (κ2) is 7.26. The molecule has 1 unspecified atom stereocenters. The zero-order valence-corrected chi connectivity index (χ0v) is 13.7. The second-order valence-electron chi connectivity index (χ2n) is 4.55. The minimum Gasteiger partial charge on any atom is -0.497 e. The summed E-state index contributed by atoms with van der Waals surface area (Å²) in [5.74, 6) is 0.275. The third-order valence-corrected chi connectivity index (χ3v) is 3.42. The number of carbonyl (C=O) groups excluding carboxylic acids is 1. The molecule has 0 spiro atoms. The summed E-state index contributed by atoms with van der Waals surface area (Å²) in [6, 6.07) is 11.3. The summed E-state index contributed by atoms with van der Waals surface area (Å²) in [6.45, 7) is 1.59. The van der Waals surface area contributed by atoms with Gasteiger partial charge in [-0.2, -0.15) is 0 Å². The van der Waals surface area contributed by atoms with Crippen molar-refractivity contribution in [2.45, 2.75) is 13.0 Å². The number of benzene rings is 2. The highest BCUT2D eigenvalue weighted by molar-refractivity contribution is 9.10. The van der Waals surface area contributed by atoms with E-state index >= 15 is 0 Å². The van der Waals surface area contributed by atoms with Gasteiger partial charge in [0.25, 0.3) is 5.91 Å². The first-order valence-corrected chi connectivity index (χ1v) is 7.35. The number of halogens is 2. The number of amides is 1. The fraction of sp³-hybridized carbons (Fsp3) is 0.188. The summed E-state index contributed by atoms with van der Waals surface area (Å²) >= 11 is 3.16. The van der Waals surface area contributed by atoms with Gasteiger partial charge in [-0.1, -0.05) is 15.9 Å². The highest BCUT2D eigenvalue weighted by atomic mass is 79.9. The van der Waals surface area contributed by atoms with Crippen LogP contribution >= 0.6 is 15.9 Å². The molecule has 0 radical (unpaired) electrons. The highest BCUT2D eigenvalue weighted by Gasteiger charge is 2.16. The maximum absolute atomic E-state index is 13.7. The number of anilines is 1. The van der Waals surface area contributed by atoms with Gasteiger partial charge in [0.2, 0.25) is 0 Å². The van der Waals surface area contributed by atoms with Gasteiger partial charge in [0, 0.05) is 4.47 Å². The summed E-state index contributed by atoms with van der Waals surface area (Å²) in [5.41, 5.74) is 0.110. The van der Waals surface area contributed by atoms with E-state index in [1.807, 2.05) is 0 Å². The summed E-state index contributed by atoms with van der Waals surface area (Å²) < 4.78 is 24.8. The van der Waals surface area contributed by atoms with Gasteiger partial charge in [-0.25, -0.2) is 4.39 Å². The molecule has 0 aliphatic carbocycles. The van der Waals surface area contributed by atoms with E-state index in [-0.39, 0.29) is 5.69 Å². The lowest BCUT2D eigenvalue weighted by Gasteiger charge is -2.15. The van der Waals surface area contributed by atoms with Crippen molar-refractivity contribution in [1.82, 2.24) is 0 Å². The number of carbonyl (C=O) groups is 1. The maximum Gasteiger partial charge on any atom is 0.265 e. The minimum atomic E-state index is -0.767. The lowest BCUT2D eigenvalue weighted by Crippen LogP contribution is -2.30. The van der Waals surface area contributed by atoms with Crippen LogP contribution in [0.25, 0.3) is 0 Å². The van der Waals surface area contributed by atoms with E-state index in [1.165, 1.54) is 12.1 Å². The van der Waals surface area contributed by atoms with Crippen molar-refractivity contribution in [3.05, 3.63) is 52.8 Å². The van der Waals surface area contributed by atoms with Gasteiger partial charge in [0.15, 0.2) is 6.10 Å². The molecule has 2 rings (SSSR count). The molecule has 0 heterocycles. The van der Waals surface area contributed by atoms with Gasteiger partial charge in [0.1, 0.15) is 17.3 Å². The fourth-order valence-corrected chi connectivity index (χ4v) is 2.07. The summed E-state index contributed by atoms with van der Waals surface area (Å²) in [4.78, 5) is 12.0. The molecular weight excluding hydrogens is 353 g/mol. The average molecular weight is 368 g/mol. The summed E-state index contributed by atoms with van der Waals surface area (Å²) in [7, 11) is 1.57. The van der Waals surface area contributed by atoms with E-state index in [9.17, 15) is 9.18 Å². The Bertz CT molecular complexity index is 661. The van der Waals surface area contributed by atoms with Gasteiger partial charge in [-0.05, 0) is 49.4 Å². The van der Waals surface area contributed by atoms with E-state index in [0.29, 0.717) is 16.0 Å². The molecule has 116 valence electrons. The first kappa shape index (κ1) is 16.3. The highest BCUT2D eigenvalue weighted by Crippen LogP contribution is 2.21. The predicted molar refractivity (Wildman–Crippen MR) is 85.8 cm³/mol. The molecule has 1 amide bonds. The Morgan fingerprint density at radius 2 is 1.82 bits per heavy atom. The molecule has 1 atom stereocenters. The van der Waals surface area contributed by atoms with E-state index in [1.54, 1.807) is 44.4 Å². The van der Waals surface area contributed by atoms with Crippen LogP contribution in [0.3, 0.4) is 0 Å². The summed E-state index contributed by atoms with van der Waals surface area (Å²) in [5, 5.41) is 2.50. The lowest BCUT2D eigenvalue weighted by atomic mass is 10.2. The minimum absolute atomic E-state index is 0.110. The van der Waals surface area contributed by atoms with Crippen molar-refractivity contribution in [2.24, 2.45) is 0 Å². The molecule has 0 aliphatic rings. The summed E-state index contributed by atoms with van der Waals surface area (Å²) in [6.07, 6.45) is -0.767. The van der Waals surface area contributed by atoms with E-state index in [2.05, 4.69) is 21.2 Å². The molecule has 4 nitrogen and oxygen atoms in total. The van der Waals surface area contributed by atoms with Crippen LogP contribution in [0, 0.1) is 5.82 Å². The number of hydrogen-bond donors (Lipinski definition) is 1. The SMILES string of the molecule is COc1ccc(OC(C)C(=O)Nc2ccc(Br)cc2F)cc1. The number of nitrogens with one attached hydrogen (secondary N) is 1. The Balaban J connectivity index is 1.99. The Labute approximate surface area is 136 Å². The Hall–Kier alpha value is -2.08.